The van der Waals surface area contributed by atoms with Crippen LogP contribution in [0.25, 0.3) is 0 Å². The van der Waals surface area contributed by atoms with Crippen LogP contribution in [0, 0.1) is 0 Å². The van der Waals surface area contributed by atoms with Crippen LogP contribution < -0.4 is 11.1 Å². The van der Waals surface area contributed by atoms with Crippen molar-refractivity contribution in [1.82, 2.24) is 10.3 Å². The molecule has 4 nitrogen and oxygen atoms in total. The Hall–Kier alpha value is -1.88. The van der Waals surface area contributed by atoms with Crippen LogP contribution in [0.5, 0.6) is 0 Å². The fourth-order valence-corrected chi connectivity index (χ4v) is 2.35. The van der Waals surface area contributed by atoms with Gasteiger partial charge in [-0.05, 0) is 29.7 Å². The summed E-state index contributed by atoms with van der Waals surface area (Å²) >= 11 is 3.46. The molecule has 1 aromatic carbocycles. The lowest BCUT2D eigenvalue weighted by atomic mass is 10.1. The highest BCUT2D eigenvalue weighted by molar-refractivity contribution is 9.10. The molecule has 0 saturated carbocycles. The first-order chi connectivity index (χ1) is 9.97. The second-order valence-electron chi connectivity index (χ2n) is 5.13. The van der Waals surface area contributed by atoms with E-state index in [-0.39, 0.29) is 11.8 Å². The maximum absolute atomic E-state index is 12.2. The molecule has 0 bridgehead atoms. The van der Waals surface area contributed by atoms with Gasteiger partial charge in [0.15, 0.2) is 0 Å². The highest BCUT2D eigenvalue weighted by atomic mass is 79.9. The average molecular weight is 348 g/mol. The van der Waals surface area contributed by atoms with E-state index in [1.165, 1.54) is 0 Å². The number of benzene rings is 1. The second-order valence-corrected chi connectivity index (χ2v) is 5.99. The quantitative estimate of drug-likeness (QED) is 0.889. The van der Waals surface area contributed by atoms with Gasteiger partial charge in [-0.2, -0.15) is 0 Å². The van der Waals surface area contributed by atoms with Crippen LogP contribution in [0.2, 0.25) is 0 Å². The number of pyridine rings is 1. The average Bonchev–Trinajstić information content (AvgIpc) is 2.45. The molecule has 0 atom stereocenters. The minimum Gasteiger partial charge on any atom is -0.384 e. The zero-order valence-corrected chi connectivity index (χ0v) is 13.6. The highest BCUT2D eigenvalue weighted by Crippen LogP contribution is 2.17. The van der Waals surface area contributed by atoms with Crippen LogP contribution >= 0.6 is 15.9 Å². The molecule has 0 saturated heterocycles. The summed E-state index contributed by atoms with van der Waals surface area (Å²) in [6.45, 7) is 4.49. The summed E-state index contributed by atoms with van der Waals surface area (Å²) < 4.78 is 0.974. The summed E-state index contributed by atoms with van der Waals surface area (Å²) in [4.78, 5) is 16.5. The van der Waals surface area contributed by atoms with Crippen molar-refractivity contribution in [2.24, 2.45) is 0 Å². The number of aromatic nitrogens is 1. The van der Waals surface area contributed by atoms with Gasteiger partial charge in [0.1, 0.15) is 5.82 Å². The maximum Gasteiger partial charge on any atom is 0.251 e. The molecule has 0 radical (unpaired) electrons. The number of nitrogen functional groups attached to an aromatic ring is 1. The Bertz CT molecular complexity index is 656. The van der Waals surface area contributed by atoms with Gasteiger partial charge < -0.3 is 11.1 Å². The van der Waals surface area contributed by atoms with Gasteiger partial charge in [0.2, 0.25) is 0 Å². The van der Waals surface area contributed by atoms with E-state index >= 15 is 0 Å². The zero-order chi connectivity index (χ0) is 15.4. The summed E-state index contributed by atoms with van der Waals surface area (Å²) in [7, 11) is 0. The molecule has 21 heavy (non-hydrogen) atoms. The molecule has 3 N–H and O–H groups in total. The molecular weight excluding hydrogens is 330 g/mol. The van der Waals surface area contributed by atoms with Crippen LogP contribution in [-0.2, 0) is 6.54 Å². The molecule has 1 aromatic heterocycles. The lowest BCUT2D eigenvalue weighted by Gasteiger charge is -2.10. The molecule has 0 fully saturated rings. The smallest absolute Gasteiger partial charge is 0.251 e. The molecule has 1 heterocycles. The number of carbonyl (C=O) groups excluding carboxylic acids is 1. The van der Waals surface area contributed by atoms with Gasteiger partial charge >= 0.3 is 0 Å². The third-order valence-corrected chi connectivity index (χ3v) is 3.89. The second kappa shape index (κ2) is 6.72. The standard InChI is InChI=1S/C16H18BrN3O/c1-10(2)14-7-12(8-15(18)20-14)16(21)19-9-11-5-3-4-6-13(11)17/h3-8,10H,9H2,1-2H3,(H2,18,20)(H,19,21). The number of nitrogens with zero attached hydrogens (tertiary/aromatic N) is 1. The van der Waals surface area contributed by atoms with Gasteiger partial charge in [-0.1, -0.05) is 48.0 Å². The van der Waals surface area contributed by atoms with Gasteiger partial charge in [0.05, 0.1) is 0 Å². The Balaban J connectivity index is 2.12. The predicted octanol–water partition coefficient (Wildman–Crippen LogP) is 3.48. The third-order valence-electron chi connectivity index (χ3n) is 3.12. The summed E-state index contributed by atoms with van der Waals surface area (Å²) in [6.07, 6.45) is 0. The zero-order valence-electron chi connectivity index (χ0n) is 12.1. The number of amides is 1. The van der Waals surface area contributed by atoms with Crippen LogP contribution in [0.15, 0.2) is 40.9 Å². The van der Waals surface area contributed by atoms with Crippen LogP contribution in [0.3, 0.4) is 0 Å². The summed E-state index contributed by atoms with van der Waals surface area (Å²) in [5, 5.41) is 2.90. The Labute approximate surface area is 132 Å². The van der Waals surface area contributed by atoms with E-state index in [1.807, 2.05) is 38.1 Å². The van der Waals surface area contributed by atoms with Gasteiger partial charge in [0, 0.05) is 22.3 Å². The van der Waals surface area contributed by atoms with Gasteiger partial charge in [0.25, 0.3) is 5.91 Å². The number of hydrogen-bond acceptors (Lipinski definition) is 3. The van der Waals surface area contributed by atoms with Crippen LogP contribution in [-0.4, -0.2) is 10.9 Å². The van der Waals surface area contributed by atoms with Gasteiger partial charge in [-0.3, -0.25) is 4.79 Å². The monoisotopic (exact) mass is 347 g/mol. The van der Waals surface area contributed by atoms with Crippen molar-refractivity contribution in [1.29, 1.82) is 0 Å². The van der Waals surface area contributed by atoms with Crippen molar-refractivity contribution in [2.45, 2.75) is 26.3 Å². The Kier molecular flexibility index (Phi) is 4.96. The molecule has 110 valence electrons. The minimum absolute atomic E-state index is 0.151. The van der Waals surface area contributed by atoms with Crippen molar-refractivity contribution in [3.63, 3.8) is 0 Å². The lowest BCUT2D eigenvalue weighted by Crippen LogP contribution is -2.23. The molecule has 1 amide bonds. The molecule has 5 heteroatoms. The highest BCUT2D eigenvalue weighted by Gasteiger charge is 2.11. The Morgan fingerprint density at radius 3 is 2.71 bits per heavy atom. The number of hydrogen-bond donors (Lipinski definition) is 2. The van der Waals surface area contributed by atoms with Crippen molar-refractivity contribution >= 4 is 27.7 Å². The Morgan fingerprint density at radius 1 is 1.33 bits per heavy atom. The summed E-state index contributed by atoms with van der Waals surface area (Å²) in [6, 6.07) is 11.2. The maximum atomic E-state index is 12.2. The summed E-state index contributed by atoms with van der Waals surface area (Å²) in [5.41, 5.74) is 8.15. The first kappa shape index (κ1) is 15.5. The van der Waals surface area contributed by atoms with Crippen molar-refractivity contribution in [3.05, 3.63) is 57.7 Å². The van der Waals surface area contributed by atoms with Gasteiger partial charge in [-0.15, -0.1) is 0 Å². The van der Waals surface area contributed by atoms with Crippen LogP contribution in [0.1, 0.15) is 41.4 Å². The normalized spacial score (nSPS) is 10.7. The van der Waals surface area contributed by atoms with Crippen molar-refractivity contribution in [3.8, 4) is 0 Å². The largest absolute Gasteiger partial charge is 0.384 e. The molecular formula is C16H18BrN3O. The minimum atomic E-state index is -0.151. The topological polar surface area (TPSA) is 68.0 Å². The first-order valence-electron chi connectivity index (χ1n) is 6.76. The van der Waals surface area contributed by atoms with E-state index in [1.54, 1.807) is 12.1 Å². The van der Waals surface area contributed by atoms with E-state index in [9.17, 15) is 4.79 Å². The fourth-order valence-electron chi connectivity index (χ4n) is 1.92. The van der Waals surface area contributed by atoms with Crippen LogP contribution in [0.4, 0.5) is 5.82 Å². The van der Waals surface area contributed by atoms with E-state index in [2.05, 4.69) is 26.2 Å². The number of carbonyl (C=O) groups is 1. The van der Waals surface area contributed by atoms with E-state index < -0.39 is 0 Å². The van der Waals surface area contributed by atoms with Gasteiger partial charge in [-0.25, -0.2) is 4.98 Å². The number of rotatable bonds is 4. The molecule has 0 aliphatic heterocycles. The molecule has 0 unspecified atom stereocenters. The fraction of sp³-hybridized carbons (Fsp3) is 0.250. The number of nitrogens with one attached hydrogen (secondary N) is 1. The van der Waals surface area contributed by atoms with E-state index in [0.29, 0.717) is 17.9 Å². The molecule has 0 aliphatic rings. The molecule has 2 aromatic rings. The SMILES string of the molecule is CC(C)c1cc(C(=O)NCc2ccccc2Br)cc(N)n1. The Morgan fingerprint density at radius 2 is 2.05 bits per heavy atom. The predicted molar refractivity (Wildman–Crippen MR) is 88.1 cm³/mol. The van der Waals surface area contributed by atoms with Crippen molar-refractivity contribution in [2.75, 3.05) is 5.73 Å². The lowest BCUT2D eigenvalue weighted by molar-refractivity contribution is 0.0950. The number of nitrogens with two attached hydrogens (primary N) is 1. The number of anilines is 1. The van der Waals surface area contributed by atoms with Crippen molar-refractivity contribution < 1.29 is 4.79 Å². The molecule has 0 aliphatic carbocycles. The molecule has 2 rings (SSSR count). The molecule has 0 spiro atoms. The first-order valence-corrected chi connectivity index (χ1v) is 7.55. The van der Waals surface area contributed by atoms with E-state index in [4.69, 9.17) is 5.73 Å². The number of halogens is 1. The third kappa shape index (κ3) is 4.04. The summed E-state index contributed by atoms with van der Waals surface area (Å²) in [5.74, 6) is 0.442. The van der Waals surface area contributed by atoms with E-state index in [0.717, 1.165) is 15.7 Å².